The number of carbonyl (C=O) groups excluding carboxylic acids is 1. The van der Waals surface area contributed by atoms with E-state index in [2.05, 4.69) is 10.2 Å². The fourth-order valence-corrected chi connectivity index (χ4v) is 1.65. The SMILES string of the molecule is CCOC(=O)c1cc(-c2cc(F)ccc2OC)n[nH]1. The second-order valence-corrected chi connectivity index (χ2v) is 3.73. The van der Waals surface area contributed by atoms with Gasteiger partial charge in [0.15, 0.2) is 0 Å². The summed E-state index contributed by atoms with van der Waals surface area (Å²) in [4.78, 5) is 11.5. The predicted molar refractivity (Wildman–Crippen MR) is 66.5 cm³/mol. The van der Waals surface area contributed by atoms with E-state index < -0.39 is 11.8 Å². The van der Waals surface area contributed by atoms with Crippen LogP contribution in [0.5, 0.6) is 5.75 Å². The van der Waals surface area contributed by atoms with E-state index in [1.54, 1.807) is 6.92 Å². The highest BCUT2D eigenvalue weighted by atomic mass is 19.1. The molecule has 1 heterocycles. The molecule has 0 aliphatic rings. The molecule has 0 aliphatic heterocycles. The molecule has 0 unspecified atom stereocenters. The van der Waals surface area contributed by atoms with Crippen molar-refractivity contribution < 1.29 is 18.7 Å². The van der Waals surface area contributed by atoms with Crippen molar-refractivity contribution in [3.05, 3.63) is 35.8 Å². The first-order chi connectivity index (χ1) is 9.15. The molecule has 2 rings (SSSR count). The number of rotatable bonds is 4. The molecule has 1 aromatic heterocycles. The van der Waals surface area contributed by atoms with Crippen molar-refractivity contribution in [1.29, 1.82) is 0 Å². The summed E-state index contributed by atoms with van der Waals surface area (Å²) < 4.78 is 23.2. The van der Waals surface area contributed by atoms with Gasteiger partial charge in [-0.2, -0.15) is 5.10 Å². The average Bonchev–Trinajstić information content (AvgIpc) is 2.88. The molecule has 0 spiro atoms. The fraction of sp³-hybridized carbons (Fsp3) is 0.231. The van der Waals surface area contributed by atoms with Gasteiger partial charge in [0.25, 0.3) is 0 Å². The third-order valence-electron chi connectivity index (χ3n) is 2.51. The highest BCUT2D eigenvalue weighted by Gasteiger charge is 2.15. The zero-order valence-corrected chi connectivity index (χ0v) is 10.6. The first-order valence-electron chi connectivity index (χ1n) is 5.72. The Bertz CT molecular complexity index is 595. The van der Waals surface area contributed by atoms with Gasteiger partial charge in [-0.1, -0.05) is 0 Å². The molecule has 0 radical (unpaired) electrons. The van der Waals surface area contributed by atoms with Crippen LogP contribution in [0.15, 0.2) is 24.3 Å². The smallest absolute Gasteiger partial charge is 0.356 e. The van der Waals surface area contributed by atoms with Gasteiger partial charge in [-0.3, -0.25) is 5.10 Å². The van der Waals surface area contributed by atoms with Crippen molar-refractivity contribution in [2.45, 2.75) is 6.92 Å². The zero-order valence-electron chi connectivity index (χ0n) is 10.6. The van der Waals surface area contributed by atoms with Crippen LogP contribution in [0.25, 0.3) is 11.3 Å². The second kappa shape index (κ2) is 5.51. The van der Waals surface area contributed by atoms with Crippen LogP contribution in [0.2, 0.25) is 0 Å². The molecular formula is C13H13FN2O3. The number of esters is 1. The van der Waals surface area contributed by atoms with Gasteiger partial charge in [0.2, 0.25) is 0 Å². The summed E-state index contributed by atoms with van der Waals surface area (Å²) in [6.07, 6.45) is 0. The number of ether oxygens (including phenoxy) is 2. The average molecular weight is 264 g/mol. The molecular weight excluding hydrogens is 251 g/mol. The van der Waals surface area contributed by atoms with Gasteiger partial charge >= 0.3 is 5.97 Å². The van der Waals surface area contributed by atoms with E-state index >= 15 is 0 Å². The Hall–Kier alpha value is -2.37. The lowest BCUT2D eigenvalue weighted by atomic mass is 10.1. The summed E-state index contributed by atoms with van der Waals surface area (Å²) in [6, 6.07) is 5.59. The molecule has 0 bridgehead atoms. The lowest BCUT2D eigenvalue weighted by Crippen LogP contribution is -2.04. The predicted octanol–water partition coefficient (Wildman–Crippen LogP) is 2.40. The summed E-state index contributed by atoms with van der Waals surface area (Å²) >= 11 is 0. The number of halogens is 1. The molecule has 0 amide bonds. The number of H-pyrrole nitrogens is 1. The van der Waals surface area contributed by atoms with Gasteiger partial charge in [-0.25, -0.2) is 9.18 Å². The molecule has 0 atom stereocenters. The molecule has 0 saturated heterocycles. The minimum Gasteiger partial charge on any atom is -0.496 e. The molecule has 2 aromatic rings. The van der Waals surface area contributed by atoms with Crippen molar-refractivity contribution in [1.82, 2.24) is 10.2 Å². The number of aromatic amines is 1. The Balaban J connectivity index is 2.37. The second-order valence-electron chi connectivity index (χ2n) is 3.73. The van der Waals surface area contributed by atoms with Crippen LogP contribution in [0.4, 0.5) is 4.39 Å². The summed E-state index contributed by atoms with van der Waals surface area (Å²) in [7, 11) is 1.48. The lowest BCUT2D eigenvalue weighted by Gasteiger charge is -2.05. The summed E-state index contributed by atoms with van der Waals surface area (Å²) in [5.41, 5.74) is 1.09. The highest BCUT2D eigenvalue weighted by Crippen LogP contribution is 2.29. The molecule has 6 heteroatoms. The Kier molecular flexibility index (Phi) is 3.79. The number of hydrogen-bond donors (Lipinski definition) is 1. The molecule has 0 saturated carbocycles. The Morgan fingerprint density at radius 3 is 2.89 bits per heavy atom. The largest absolute Gasteiger partial charge is 0.496 e. The van der Waals surface area contributed by atoms with Crippen LogP contribution in [0.3, 0.4) is 0 Å². The van der Waals surface area contributed by atoms with Gasteiger partial charge in [-0.15, -0.1) is 0 Å². The maximum Gasteiger partial charge on any atom is 0.356 e. The van der Waals surface area contributed by atoms with Gasteiger partial charge in [0.1, 0.15) is 17.3 Å². The Labute approximate surface area is 109 Å². The van der Waals surface area contributed by atoms with E-state index in [-0.39, 0.29) is 12.3 Å². The van der Waals surface area contributed by atoms with Gasteiger partial charge in [0, 0.05) is 5.56 Å². The quantitative estimate of drug-likeness (QED) is 0.861. The van der Waals surface area contributed by atoms with Crippen molar-refractivity contribution >= 4 is 5.97 Å². The van der Waals surface area contributed by atoms with E-state index in [1.807, 2.05) is 0 Å². The van der Waals surface area contributed by atoms with E-state index in [1.165, 1.54) is 31.4 Å². The number of carbonyl (C=O) groups is 1. The molecule has 1 N–H and O–H groups in total. The fourth-order valence-electron chi connectivity index (χ4n) is 1.65. The molecule has 100 valence electrons. The summed E-state index contributed by atoms with van der Waals surface area (Å²) in [6.45, 7) is 1.99. The Morgan fingerprint density at radius 1 is 1.42 bits per heavy atom. The lowest BCUT2D eigenvalue weighted by molar-refractivity contribution is 0.0519. The standard InChI is InChI=1S/C13H13FN2O3/c1-3-19-13(17)11-7-10(15-16-11)9-6-8(14)4-5-12(9)18-2/h4-7H,3H2,1-2H3,(H,15,16). The van der Waals surface area contributed by atoms with Gasteiger partial charge in [0.05, 0.1) is 19.4 Å². The zero-order chi connectivity index (χ0) is 13.8. The number of hydrogen-bond acceptors (Lipinski definition) is 4. The molecule has 5 nitrogen and oxygen atoms in total. The molecule has 0 aliphatic carbocycles. The van der Waals surface area contributed by atoms with Crippen molar-refractivity contribution in [3.8, 4) is 17.0 Å². The number of aromatic nitrogens is 2. The maximum absolute atomic E-state index is 13.3. The van der Waals surface area contributed by atoms with E-state index in [0.717, 1.165) is 0 Å². The summed E-state index contributed by atoms with van der Waals surface area (Å²) in [5.74, 6) is -0.434. The van der Waals surface area contributed by atoms with Crippen LogP contribution in [-0.2, 0) is 4.74 Å². The summed E-state index contributed by atoms with van der Waals surface area (Å²) in [5, 5.41) is 6.52. The number of methoxy groups -OCH3 is 1. The number of nitrogens with zero attached hydrogens (tertiary/aromatic N) is 1. The molecule has 19 heavy (non-hydrogen) atoms. The monoisotopic (exact) mass is 264 g/mol. The van der Waals surface area contributed by atoms with Crippen LogP contribution in [0, 0.1) is 5.82 Å². The van der Waals surface area contributed by atoms with Gasteiger partial charge in [-0.05, 0) is 31.2 Å². The van der Waals surface area contributed by atoms with E-state index in [0.29, 0.717) is 17.0 Å². The highest BCUT2D eigenvalue weighted by molar-refractivity contribution is 5.88. The van der Waals surface area contributed by atoms with Crippen molar-refractivity contribution in [2.24, 2.45) is 0 Å². The first kappa shape index (κ1) is 13.1. The van der Waals surface area contributed by atoms with Crippen LogP contribution in [0.1, 0.15) is 17.4 Å². The third-order valence-corrected chi connectivity index (χ3v) is 2.51. The van der Waals surface area contributed by atoms with E-state index in [4.69, 9.17) is 9.47 Å². The minimum atomic E-state index is -0.503. The normalized spacial score (nSPS) is 10.3. The molecule has 1 aromatic carbocycles. The van der Waals surface area contributed by atoms with E-state index in [9.17, 15) is 9.18 Å². The van der Waals surface area contributed by atoms with Crippen molar-refractivity contribution in [2.75, 3.05) is 13.7 Å². The minimum absolute atomic E-state index is 0.211. The Morgan fingerprint density at radius 2 is 2.21 bits per heavy atom. The number of nitrogens with one attached hydrogen (secondary N) is 1. The first-order valence-corrected chi connectivity index (χ1v) is 5.72. The van der Waals surface area contributed by atoms with Crippen LogP contribution in [-0.4, -0.2) is 29.9 Å². The van der Waals surface area contributed by atoms with Crippen LogP contribution >= 0.6 is 0 Å². The van der Waals surface area contributed by atoms with Crippen LogP contribution < -0.4 is 4.74 Å². The van der Waals surface area contributed by atoms with Crippen molar-refractivity contribution in [3.63, 3.8) is 0 Å². The maximum atomic E-state index is 13.3. The number of benzene rings is 1. The third kappa shape index (κ3) is 2.73. The molecule has 0 fully saturated rings. The van der Waals surface area contributed by atoms with Gasteiger partial charge < -0.3 is 9.47 Å². The topological polar surface area (TPSA) is 64.2 Å².